The molecule has 1 aliphatic carbocycles. The van der Waals surface area contributed by atoms with Gasteiger partial charge in [-0.1, -0.05) is 48.6 Å². The molecule has 0 saturated carbocycles. The first-order valence-corrected chi connectivity index (χ1v) is 5.33. The van der Waals surface area contributed by atoms with Gasteiger partial charge in [-0.05, 0) is 17.6 Å². The van der Waals surface area contributed by atoms with Crippen LogP contribution in [0.3, 0.4) is 0 Å². The standard InChI is InChI=1S/C14H14O2/c1-16-14(15)13-10-6-5-9-12(13)11-7-3-2-4-8-11/h2-9,13H,10H2,1H3. The van der Waals surface area contributed by atoms with Crippen molar-refractivity contribution < 1.29 is 9.53 Å². The third kappa shape index (κ3) is 2.06. The Morgan fingerprint density at radius 3 is 2.75 bits per heavy atom. The maximum atomic E-state index is 11.7. The number of hydrogen-bond donors (Lipinski definition) is 0. The lowest BCUT2D eigenvalue weighted by molar-refractivity contribution is -0.143. The van der Waals surface area contributed by atoms with Crippen molar-refractivity contribution in [3.05, 3.63) is 54.1 Å². The molecule has 0 saturated heterocycles. The molecule has 0 amide bonds. The Hall–Kier alpha value is -1.83. The van der Waals surface area contributed by atoms with Gasteiger partial charge in [-0.15, -0.1) is 0 Å². The molecule has 0 fully saturated rings. The van der Waals surface area contributed by atoms with Gasteiger partial charge in [0.05, 0.1) is 13.0 Å². The Kier molecular flexibility index (Phi) is 3.20. The van der Waals surface area contributed by atoms with E-state index in [0.29, 0.717) is 6.42 Å². The maximum absolute atomic E-state index is 11.7. The van der Waals surface area contributed by atoms with E-state index in [0.717, 1.165) is 11.1 Å². The molecule has 1 aromatic carbocycles. The third-order valence-corrected chi connectivity index (χ3v) is 2.75. The molecule has 2 nitrogen and oxygen atoms in total. The molecule has 2 heteroatoms. The fourth-order valence-electron chi connectivity index (χ4n) is 1.92. The Bertz CT molecular complexity index is 429. The smallest absolute Gasteiger partial charge is 0.313 e. The lowest BCUT2D eigenvalue weighted by Gasteiger charge is -2.19. The van der Waals surface area contributed by atoms with Crippen LogP contribution >= 0.6 is 0 Å². The summed E-state index contributed by atoms with van der Waals surface area (Å²) < 4.78 is 4.83. The van der Waals surface area contributed by atoms with Gasteiger partial charge in [-0.2, -0.15) is 0 Å². The molecule has 0 heterocycles. The topological polar surface area (TPSA) is 26.3 Å². The highest BCUT2D eigenvalue weighted by Gasteiger charge is 2.24. The van der Waals surface area contributed by atoms with Crippen LogP contribution in [-0.2, 0) is 9.53 Å². The van der Waals surface area contributed by atoms with Gasteiger partial charge in [0.25, 0.3) is 0 Å². The van der Waals surface area contributed by atoms with E-state index in [1.807, 2.05) is 48.6 Å². The zero-order chi connectivity index (χ0) is 11.4. The number of methoxy groups -OCH3 is 1. The van der Waals surface area contributed by atoms with E-state index in [1.54, 1.807) is 0 Å². The van der Waals surface area contributed by atoms with E-state index in [1.165, 1.54) is 7.11 Å². The molecular weight excluding hydrogens is 200 g/mol. The number of allylic oxidation sites excluding steroid dienone is 3. The van der Waals surface area contributed by atoms with Gasteiger partial charge in [0.15, 0.2) is 0 Å². The summed E-state index contributed by atoms with van der Waals surface area (Å²) in [5.41, 5.74) is 2.12. The van der Waals surface area contributed by atoms with Crippen LogP contribution in [0, 0.1) is 5.92 Å². The van der Waals surface area contributed by atoms with Crippen molar-refractivity contribution in [2.75, 3.05) is 7.11 Å². The van der Waals surface area contributed by atoms with E-state index in [-0.39, 0.29) is 11.9 Å². The molecule has 0 aliphatic heterocycles. The van der Waals surface area contributed by atoms with Crippen LogP contribution in [0.15, 0.2) is 48.6 Å². The SMILES string of the molecule is COC(=O)C1CC=CC=C1c1ccccc1. The summed E-state index contributed by atoms with van der Waals surface area (Å²) in [6.45, 7) is 0. The van der Waals surface area contributed by atoms with Gasteiger partial charge in [0.1, 0.15) is 0 Å². The monoisotopic (exact) mass is 214 g/mol. The number of carbonyl (C=O) groups excluding carboxylic acids is 1. The van der Waals surface area contributed by atoms with Gasteiger partial charge in [0, 0.05) is 0 Å². The molecule has 0 radical (unpaired) electrons. The van der Waals surface area contributed by atoms with E-state index < -0.39 is 0 Å². The summed E-state index contributed by atoms with van der Waals surface area (Å²) in [6, 6.07) is 9.95. The van der Waals surface area contributed by atoms with Gasteiger partial charge in [-0.25, -0.2) is 0 Å². The zero-order valence-corrected chi connectivity index (χ0v) is 9.22. The molecule has 2 rings (SSSR count). The lowest BCUT2D eigenvalue weighted by Crippen LogP contribution is -2.18. The minimum Gasteiger partial charge on any atom is -0.469 e. The largest absolute Gasteiger partial charge is 0.469 e. The van der Waals surface area contributed by atoms with Crippen LogP contribution in [0.1, 0.15) is 12.0 Å². The summed E-state index contributed by atoms with van der Waals surface area (Å²) in [4.78, 5) is 11.7. The van der Waals surface area contributed by atoms with Crippen LogP contribution in [0.25, 0.3) is 5.57 Å². The predicted octanol–water partition coefficient (Wildman–Crippen LogP) is 2.82. The van der Waals surface area contributed by atoms with Crippen LogP contribution in [0.4, 0.5) is 0 Å². The Morgan fingerprint density at radius 1 is 1.31 bits per heavy atom. The highest BCUT2D eigenvalue weighted by atomic mass is 16.5. The quantitative estimate of drug-likeness (QED) is 0.707. The van der Waals surface area contributed by atoms with Crippen LogP contribution in [-0.4, -0.2) is 13.1 Å². The molecule has 0 bridgehead atoms. The summed E-state index contributed by atoms with van der Waals surface area (Å²) in [5.74, 6) is -0.336. The Morgan fingerprint density at radius 2 is 2.06 bits per heavy atom. The molecule has 16 heavy (non-hydrogen) atoms. The predicted molar refractivity (Wildman–Crippen MR) is 63.7 cm³/mol. The van der Waals surface area contributed by atoms with Crippen LogP contribution in [0.2, 0.25) is 0 Å². The number of carbonyl (C=O) groups is 1. The average molecular weight is 214 g/mol. The highest BCUT2D eigenvalue weighted by Crippen LogP contribution is 2.30. The van der Waals surface area contributed by atoms with E-state index in [4.69, 9.17) is 4.74 Å². The fourth-order valence-corrected chi connectivity index (χ4v) is 1.92. The number of rotatable bonds is 2. The van der Waals surface area contributed by atoms with Crippen molar-refractivity contribution in [3.8, 4) is 0 Å². The molecule has 0 N–H and O–H groups in total. The van der Waals surface area contributed by atoms with Crippen LogP contribution < -0.4 is 0 Å². The molecule has 0 aromatic heterocycles. The molecule has 1 atom stereocenters. The number of esters is 1. The molecule has 1 unspecified atom stereocenters. The second-order valence-electron chi connectivity index (χ2n) is 3.73. The fraction of sp³-hybridized carbons (Fsp3) is 0.214. The number of ether oxygens (including phenoxy) is 1. The third-order valence-electron chi connectivity index (χ3n) is 2.75. The molecule has 82 valence electrons. The van der Waals surface area contributed by atoms with Crippen molar-refractivity contribution in [2.45, 2.75) is 6.42 Å². The molecule has 1 aromatic rings. The number of benzene rings is 1. The first kappa shape index (κ1) is 10.7. The summed E-state index contributed by atoms with van der Waals surface area (Å²) in [6.07, 6.45) is 6.68. The Labute approximate surface area is 95.2 Å². The minimum absolute atomic E-state index is 0.167. The summed E-state index contributed by atoms with van der Waals surface area (Å²) in [7, 11) is 1.43. The highest BCUT2D eigenvalue weighted by molar-refractivity contribution is 5.89. The first-order chi connectivity index (χ1) is 7.83. The van der Waals surface area contributed by atoms with Crippen molar-refractivity contribution >= 4 is 11.5 Å². The van der Waals surface area contributed by atoms with E-state index >= 15 is 0 Å². The van der Waals surface area contributed by atoms with Gasteiger partial charge >= 0.3 is 5.97 Å². The van der Waals surface area contributed by atoms with Gasteiger partial charge in [0.2, 0.25) is 0 Å². The Balaban J connectivity index is 2.33. The molecule has 0 spiro atoms. The maximum Gasteiger partial charge on any atom is 0.313 e. The van der Waals surface area contributed by atoms with Crippen molar-refractivity contribution in [1.29, 1.82) is 0 Å². The van der Waals surface area contributed by atoms with Crippen molar-refractivity contribution in [2.24, 2.45) is 5.92 Å². The lowest BCUT2D eigenvalue weighted by atomic mass is 9.87. The summed E-state index contributed by atoms with van der Waals surface area (Å²) >= 11 is 0. The molecule has 1 aliphatic rings. The second kappa shape index (κ2) is 4.79. The average Bonchev–Trinajstić information content (AvgIpc) is 2.39. The number of hydrogen-bond acceptors (Lipinski definition) is 2. The van der Waals surface area contributed by atoms with Gasteiger partial charge in [-0.3, -0.25) is 4.79 Å². The van der Waals surface area contributed by atoms with Gasteiger partial charge < -0.3 is 4.74 Å². The molecular formula is C14H14O2. The second-order valence-corrected chi connectivity index (χ2v) is 3.73. The van der Waals surface area contributed by atoms with E-state index in [2.05, 4.69) is 0 Å². The first-order valence-electron chi connectivity index (χ1n) is 5.33. The zero-order valence-electron chi connectivity index (χ0n) is 9.22. The van der Waals surface area contributed by atoms with Crippen LogP contribution in [0.5, 0.6) is 0 Å². The van der Waals surface area contributed by atoms with E-state index in [9.17, 15) is 4.79 Å². The normalized spacial score (nSPS) is 19.1. The van der Waals surface area contributed by atoms with Crippen molar-refractivity contribution in [1.82, 2.24) is 0 Å². The summed E-state index contributed by atoms with van der Waals surface area (Å²) in [5, 5.41) is 0. The minimum atomic E-state index is -0.169. The van der Waals surface area contributed by atoms with Crippen molar-refractivity contribution in [3.63, 3.8) is 0 Å².